The van der Waals surface area contributed by atoms with Crippen molar-refractivity contribution in [2.24, 2.45) is 0 Å². The van der Waals surface area contributed by atoms with Gasteiger partial charge in [-0.05, 0) is 0 Å². The molecule has 0 unspecified atom stereocenters. The number of rotatable bonds is 5. The van der Waals surface area contributed by atoms with Crippen LogP contribution in [0.1, 0.15) is 12.8 Å². The number of hydrogen-bond acceptors (Lipinski definition) is 6. The van der Waals surface area contributed by atoms with Gasteiger partial charge >= 0.3 is 77.0 Å². The molecule has 0 rings (SSSR count). The first-order valence-electron chi connectivity index (χ1n) is 3.37. The molecular formula is C6H12Na2O9. The summed E-state index contributed by atoms with van der Waals surface area (Å²) in [6.07, 6.45) is -2.29. The molecule has 0 aromatic rings. The molecule has 0 saturated carbocycles. The molecule has 0 atom stereocenters. The molecule has 0 spiro atoms. The van der Waals surface area contributed by atoms with Crippen LogP contribution in [0.15, 0.2) is 0 Å². The average molecular weight is 274 g/mol. The third-order valence-electron chi connectivity index (χ3n) is 1.29. The third kappa shape index (κ3) is 12.5. The van der Waals surface area contributed by atoms with E-state index in [1.54, 1.807) is 0 Å². The van der Waals surface area contributed by atoms with Crippen LogP contribution < -0.4 is 0 Å². The van der Waals surface area contributed by atoms with E-state index >= 15 is 0 Å². The Kier molecular flexibility index (Phi) is 19.5. The summed E-state index contributed by atoms with van der Waals surface area (Å²) in [5.41, 5.74) is -2.74. The van der Waals surface area contributed by atoms with Gasteiger partial charge in [-0.2, -0.15) is 0 Å². The molecule has 9 nitrogen and oxygen atoms in total. The van der Waals surface area contributed by atoms with Gasteiger partial charge in [0.25, 0.3) is 0 Å². The van der Waals surface area contributed by atoms with Crippen molar-refractivity contribution < 1.29 is 45.3 Å². The van der Waals surface area contributed by atoms with E-state index in [0.717, 1.165) is 0 Å². The van der Waals surface area contributed by atoms with E-state index < -0.39 is 36.4 Å². The number of carboxylic acid groups (broad SMARTS) is 3. The van der Waals surface area contributed by atoms with Crippen LogP contribution in [0.4, 0.5) is 0 Å². The summed E-state index contributed by atoms with van der Waals surface area (Å²) in [4.78, 5) is 30.5. The Bertz CT molecular complexity index is 238. The van der Waals surface area contributed by atoms with E-state index in [9.17, 15) is 14.4 Å². The first-order chi connectivity index (χ1) is 6.78. The van der Waals surface area contributed by atoms with Crippen molar-refractivity contribution in [2.45, 2.75) is 18.4 Å². The number of carbonyl (C=O) groups is 3. The molecule has 0 bridgehead atoms. The zero-order valence-corrected chi connectivity index (χ0v) is 7.32. The van der Waals surface area contributed by atoms with Gasteiger partial charge in [0, 0.05) is 0 Å². The van der Waals surface area contributed by atoms with Crippen LogP contribution in [-0.2, 0) is 14.4 Å². The molecule has 0 amide bonds. The van der Waals surface area contributed by atoms with Crippen LogP contribution in [-0.4, -0.2) is 114 Å². The van der Waals surface area contributed by atoms with Crippen LogP contribution >= 0.6 is 0 Å². The molecule has 0 saturated heterocycles. The van der Waals surface area contributed by atoms with Gasteiger partial charge in [-0.15, -0.1) is 0 Å². The first-order valence-corrected chi connectivity index (χ1v) is 3.37. The van der Waals surface area contributed by atoms with Gasteiger partial charge in [-0.3, -0.25) is 20.1 Å². The number of hydrogen-bond donors (Lipinski definition) is 6. The normalized spacial score (nSPS) is 8.65. The Morgan fingerprint density at radius 3 is 1.18 bits per heavy atom. The molecule has 6 N–H and O–H groups in total. The molecule has 0 heterocycles. The van der Waals surface area contributed by atoms with Crippen molar-refractivity contribution >= 4 is 77.0 Å². The van der Waals surface area contributed by atoms with E-state index in [2.05, 4.69) is 0 Å². The summed E-state index contributed by atoms with van der Waals surface area (Å²) in [5.74, 6) is -5.02. The molecular weight excluding hydrogens is 262 g/mol. The Hall–Kier alpha value is 0.290. The Balaban J connectivity index is -0.000000199. The van der Waals surface area contributed by atoms with Gasteiger partial charge in [0.05, 0.1) is 12.8 Å². The third-order valence-corrected chi connectivity index (χ3v) is 1.29. The van der Waals surface area contributed by atoms with Crippen molar-refractivity contribution in [1.82, 2.24) is 0 Å². The SMILES string of the molecule is O=C(O)CC(O)(CC(=O)O)C(=O)O.OO.[NaH].[NaH]. The van der Waals surface area contributed by atoms with Crippen LogP contribution in [0.5, 0.6) is 0 Å². The van der Waals surface area contributed by atoms with Crippen LogP contribution in [0.3, 0.4) is 0 Å². The summed E-state index contributed by atoms with van der Waals surface area (Å²) >= 11 is 0. The van der Waals surface area contributed by atoms with Gasteiger partial charge in [0.2, 0.25) is 0 Å². The molecule has 11 heteroatoms. The summed E-state index contributed by atoms with van der Waals surface area (Å²) in [5, 5.41) is 45.8. The van der Waals surface area contributed by atoms with Gasteiger partial charge in [0.15, 0.2) is 5.60 Å². The first kappa shape index (κ1) is 26.0. The van der Waals surface area contributed by atoms with Gasteiger partial charge < -0.3 is 20.4 Å². The molecule has 0 aliphatic carbocycles. The molecule has 17 heavy (non-hydrogen) atoms. The second kappa shape index (κ2) is 12.7. The van der Waals surface area contributed by atoms with Gasteiger partial charge in [-0.25, -0.2) is 4.79 Å². The zero-order chi connectivity index (χ0) is 12.6. The fourth-order valence-electron chi connectivity index (χ4n) is 0.714. The fraction of sp³-hybridized carbons (Fsp3) is 0.500. The summed E-state index contributed by atoms with van der Waals surface area (Å²) < 4.78 is 0. The quantitative estimate of drug-likeness (QED) is 0.179. The molecule has 0 aromatic carbocycles. The summed E-state index contributed by atoms with van der Waals surface area (Å²) in [6.45, 7) is 0. The fourth-order valence-corrected chi connectivity index (χ4v) is 0.714. The van der Waals surface area contributed by atoms with Crippen LogP contribution in [0.2, 0.25) is 0 Å². The molecule has 0 aliphatic heterocycles. The molecule has 0 fully saturated rings. The minimum atomic E-state index is -2.74. The van der Waals surface area contributed by atoms with Crippen LogP contribution in [0, 0.1) is 0 Å². The minimum absolute atomic E-state index is 0. The van der Waals surface area contributed by atoms with Crippen molar-refractivity contribution in [3.63, 3.8) is 0 Å². The van der Waals surface area contributed by atoms with Crippen molar-refractivity contribution in [2.75, 3.05) is 0 Å². The molecule has 92 valence electrons. The Morgan fingerprint density at radius 1 is 0.824 bits per heavy atom. The second-order valence-electron chi connectivity index (χ2n) is 2.48. The van der Waals surface area contributed by atoms with Gasteiger partial charge in [0.1, 0.15) is 0 Å². The van der Waals surface area contributed by atoms with E-state index in [0.29, 0.717) is 0 Å². The second-order valence-corrected chi connectivity index (χ2v) is 2.48. The monoisotopic (exact) mass is 274 g/mol. The van der Waals surface area contributed by atoms with Crippen LogP contribution in [0.25, 0.3) is 0 Å². The predicted molar refractivity (Wildman–Crippen MR) is 56.6 cm³/mol. The summed E-state index contributed by atoms with van der Waals surface area (Å²) in [6, 6.07) is 0. The van der Waals surface area contributed by atoms with E-state index in [4.69, 9.17) is 30.9 Å². The average Bonchev–Trinajstić information content (AvgIpc) is 2.04. The van der Waals surface area contributed by atoms with Crippen molar-refractivity contribution in [3.8, 4) is 0 Å². The Labute approximate surface area is 140 Å². The maximum atomic E-state index is 10.3. The summed E-state index contributed by atoms with van der Waals surface area (Å²) in [7, 11) is 0. The van der Waals surface area contributed by atoms with E-state index in [1.165, 1.54) is 0 Å². The maximum absolute atomic E-state index is 10.3. The standard InChI is InChI=1S/C6H8O7.2Na.H2O2.2H/c7-3(8)1-6(13,5(11)12)2-4(9)10;;;1-2;;/h13H,1-2H2,(H,7,8)(H,9,10)(H,11,12);;;1-2H;;. The molecule has 0 aromatic heterocycles. The molecule has 0 aliphatic rings. The Morgan fingerprint density at radius 2 is 1.06 bits per heavy atom. The molecule has 0 radical (unpaired) electrons. The van der Waals surface area contributed by atoms with Crippen molar-refractivity contribution in [1.29, 1.82) is 0 Å². The number of aliphatic hydroxyl groups is 1. The zero-order valence-electron chi connectivity index (χ0n) is 7.32. The van der Waals surface area contributed by atoms with Crippen molar-refractivity contribution in [3.05, 3.63) is 0 Å². The number of carboxylic acids is 3. The van der Waals surface area contributed by atoms with E-state index in [1.807, 2.05) is 0 Å². The predicted octanol–water partition coefficient (Wildman–Crippen LogP) is -2.53. The topological polar surface area (TPSA) is 173 Å². The van der Waals surface area contributed by atoms with E-state index in [-0.39, 0.29) is 59.1 Å². The number of aliphatic carboxylic acids is 3. The van der Waals surface area contributed by atoms with Gasteiger partial charge in [-0.1, -0.05) is 0 Å².